The monoisotopic (exact) mass is 277 g/mol. The summed E-state index contributed by atoms with van der Waals surface area (Å²) in [6.07, 6.45) is 4.23. The van der Waals surface area contributed by atoms with E-state index in [9.17, 15) is 0 Å². The molecule has 0 aromatic rings. The summed E-state index contributed by atoms with van der Waals surface area (Å²) in [6, 6.07) is 1.14. The van der Waals surface area contributed by atoms with Gasteiger partial charge in [-0.1, -0.05) is 15.9 Å². The molecule has 3 unspecified atom stereocenters. The maximum Gasteiger partial charge on any atom is 0.0726 e. The molecule has 0 bridgehead atoms. The number of ether oxygens (including phenoxy) is 2. The zero-order valence-electron chi connectivity index (χ0n) is 9.32. The smallest absolute Gasteiger partial charge is 0.0726 e. The molecule has 0 amide bonds. The van der Waals surface area contributed by atoms with Crippen molar-refractivity contribution in [1.29, 1.82) is 0 Å². The number of methoxy groups -OCH3 is 1. The van der Waals surface area contributed by atoms with Gasteiger partial charge in [0.1, 0.15) is 0 Å². The SMILES string of the molecule is COC1CCCC1N1CCOCC1CBr. The molecule has 88 valence electrons. The lowest BCUT2D eigenvalue weighted by Crippen LogP contribution is -2.54. The van der Waals surface area contributed by atoms with Crippen LogP contribution in [0.25, 0.3) is 0 Å². The van der Waals surface area contributed by atoms with Crippen molar-refractivity contribution in [3.63, 3.8) is 0 Å². The van der Waals surface area contributed by atoms with Crippen LogP contribution in [0.3, 0.4) is 0 Å². The molecule has 2 aliphatic rings. The third-order valence-corrected chi connectivity index (χ3v) is 4.35. The molecular weight excluding hydrogens is 258 g/mol. The van der Waals surface area contributed by atoms with Crippen molar-refractivity contribution in [2.45, 2.75) is 37.5 Å². The predicted octanol–water partition coefficient (Wildman–Crippen LogP) is 1.65. The van der Waals surface area contributed by atoms with Crippen molar-refractivity contribution in [2.75, 3.05) is 32.2 Å². The fourth-order valence-electron chi connectivity index (χ4n) is 2.80. The molecule has 1 aliphatic heterocycles. The van der Waals surface area contributed by atoms with E-state index >= 15 is 0 Å². The van der Waals surface area contributed by atoms with E-state index in [1.54, 1.807) is 0 Å². The normalized spacial score (nSPS) is 38.4. The van der Waals surface area contributed by atoms with Gasteiger partial charge < -0.3 is 9.47 Å². The molecule has 2 fully saturated rings. The summed E-state index contributed by atoms with van der Waals surface area (Å²) in [5.41, 5.74) is 0. The molecule has 2 rings (SSSR count). The molecule has 1 heterocycles. The van der Waals surface area contributed by atoms with Gasteiger partial charge in [-0.25, -0.2) is 0 Å². The molecule has 0 radical (unpaired) electrons. The Morgan fingerprint density at radius 3 is 3.07 bits per heavy atom. The van der Waals surface area contributed by atoms with E-state index in [1.807, 2.05) is 7.11 Å². The molecule has 3 nitrogen and oxygen atoms in total. The number of alkyl halides is 1. The van der Waals surface area contributed by atoms with Crippen molar-refractivity contribution in [2.24, 2.45) is 0 Å². The van der Waals surface area contributed by atoms with E-state index in [-0.39, 0.29) is 0 Å². The summed E-state index contributed by atoms with van der Waals surface area (Å²) >= 11 is 3.58. The minimum Gasteiger partial charge on any atom is -0.380 e. The van der Waals surface area contributed by atoms with Crippen LogP contribution >= 0.6 is 15.9 Å². The van der Waals surface area contributed by atoms with Crippen LogP contribution < -0.4 is 0 Å². The molecule has 1 saturated heterocycles. The minimum atomic E-state index is 0.435. The van der Waals surface area contributed by atoms with Crippen LogP contribution in [0.15, 0.2) is 0 Å². The number of rotatable bonds is 3. The van der Waals surface area contributed by atoms with Crippen molar-refractivity contribution in [1.82, 2.24) is 4.90 Å². The topological polar surface area (TPSA) is 21.7 Å². The van der Waals surface area contributed by atoms with Crippen molar-refractivity contribution < 1.29 is 9.47 Å². The highest BCUT2D eigenvalue weighted by atomic mass is 79.9. The third-order valence-electron chi connectivity index (χ3n) is 3.60. The Morgan fingerprint density at radius 2 is 2.33 bits per heavy atom. The van der Waals surface area contributed by atoms with E-state index in [0.29, 0.717) is 18.2 Å². The first-order valence-corrected chi connectivity index (χ1v) is 6.91. The molecule has 0 spiro atoms. The number of hydrogen-bond acceptors (Lipinski definition) is 3. The lowest BCUT2D eigenvalue weighted by Gasteiger charge is -2.40. The van der Waals surface area contributed by atoms with E-state index in [1.165, 1.54) is 19.3 Å². The Bertz CT molecular complexity index is 203. The van der Waals surface area contributed by atoms with E-state index < -0.39 is 0 Å². The Hall–Kier alpha value is 0.360. The van der Waals surface area contributed by atoms with Crippen molar-refractivity contribution in [3.8, 4) is 0 Å². The van der Waals surface area contributed by atoms with Crippen LogP contribution in [0, 0.1) is 0 Å². The van der Waals surface area contributed by atoms with Gasteiger partial charge in [-0.15, -0.1) is 0 Å². The number of morpholine rings is 1. The van der Waals surface area contributed by atoms with E-state index in [2.05, 4.69) is 20.8 Å². The number of hydrogen-bond donors (Lipinski definition) is 0. The van der Waals surface area contributed by atoms with Crippen LogP contribution in [0.1, 0.15) is 19.3 Å². The Morgan fingerprint density at radius 1 is 1.47 bits per heavy atom. The second-order valence-electron chi connectivity index (χ2n) is 4.39. The summed E-state index contributed by atoms with van der Waals surface area (Å²) in [6.45, 7) is 2.79. The van der Waals surface area contributed by atoms with E-state index in [0.717, 1.165) is 25.1 Å². The molecule has 0 aromatic heterocycles. The van der Waals surface area contributed by atoms with E-state index in [4.69, 9.17) is 9.47 Å². The van der Waals surface area contributed by atoms with Gasteiger partial charge in [0.2, 0.25) is 0 Å². The van der Waals surface area contributed by atoms with Gasteiger partial charge in [-0.05, 0) is 19.3 Å². The zero-order chi connectivity index (χ0) is 10.7. The lowest BCUT2D eigenvalue weighted by atomic mass is 10.1. The second-order valence-corrected chi connectivity index (χ2v) is 5.04. The van der Waals surface area contributed by atoms with Crippen LogP contribution in [0.2, 0.25) is 0 Å². The average Bonchev–Trinajstić information content (AvgIpc) is 2.76. The molecular formula is C11H20BrNO2. The Balaban J connectivity index is 1.99. The summed E-state index contributed by atoms with van der Waals surface area (Å²) < 4.78 is 11.1. The van der Waals surface area contributed by atoms with Crippen LogP contribution in [0.4, 0.5) is 0 Å². The summed E-state index contributed by atoms with van der Waals surface area (Å²) in [4.78, 5) is 2.58. The fraction of sp³-hybridized carbons (Fsp3) is 1.00. The van der Waals surface area contributed by atoms with Gasteiger partial charge in [0, 0.05) is 31.1 Å². The second kappa shape index (κ2) is 5.62. The van der Waals surface area contributed by atoms with Crippen LogP contribution in [0.5, 0.6) is 0 Å². The average molecular weight is 278 g/mol. The molecule has 0 N–H and O–H groups in total. The number of halogens is 1. The lowest BCUT2D eigenvalue weighted by molar-refractivity contribution is -0.0515. The maximum atomic E-state index is 5.57. The van der Waals surface area contributed by atoms with Crippen LogP contribution in [-0.2, 0) is 9.47 Å². The van der Waals surface area contributed by atoms with Crippen molar-refractivity contribution in [3.05, 3.63) is 0 Å². The summed E-state index contributed by atoms with van der Waals surface area (Å²) in [5.74, 6) is 0. The third kappa shape index (κ3) is 2.54. The first kappa shape index (κ1) is 11.8. The Labute approximate surface area is 100 Å². The largest absolute Gasteiger partial charge is 0.380 e. The summed E-state index contributed by atoms with van der Waals surface area (Å²) in [7, 11) is 1.84. The first-order chi connectivity index (χ1) is 7.36. The van der Waals surface area contributed by atoms with Gasteiger partial charge in [-0.3, -0.25) is 4.90 Å². The quantitative estimate of drug-likeness (QED) is 0.733. The zero-order valence-corrected chi connectivity index (χ0v) is 10.9. The molecule has 0 aromatic carbocycles. The highest BCUT2D eigenvalue weighted by molar-refractivity contribution is 9.09. The highest BCUT2D eigenvalue weighted by Crippen LogP contribution is 2.29. The van der Waals surface area contributed by atoms with Gasteiger partial charge in [0.05, 0.1) is 19.3 Å². The fourth-order valence-corrected chi connectivity index (χ4v) is 3.36. The summed E-state index contributed by atoms with van der Waals surface area (Å²) in [5, 5.41) is 1.000. The minimum absolute atomic E-state index is 0.435. The van der Waals surface area contributed by atoms with Crippen molar-refractivity contribution >= 4 is 15.9 Å². The highest BCUT2D eigenvalue weighted by Gasteiger charge is 2.36. The molecule has 1 aliphatic carbocycles. The predicted molar refractivity (Wildman–Crippen MR) is 63.5 cm³/mol. The first-order valence-electron chi connectivity index (χ1n) is 5.79. The van der Waals surface area contributed by atoms with Gasteiger partial charge >= 0.3 is 0 Å². The molecule has 1 saturated carbocycles. The standard InChI is InChI=1S/C11H20BrNO2/c1-14-11-4-2-3-10(11)13-5-6-15-8-9(13)7-12/h9-11H,2-8H2,1H3. The van der Waals surface area contributed by atoms with Gasteiger partial charge in [0.15, 0.2) is 0 Å². The maximum absolute atomic E-state index is 5.57. The van der Waals surface area contributed by atoms with Gasteiger partial charge in [0.25, 0.3) is 0 Å². The van der Waals surface area contributed by atoms with Crippen LogP contribution in [-0.4, -0.2) is 55.3 Å². The molecule has 15 heavy (non-hydrogen) atoms. The molecule has 4 heteroatoms. The van der Waals surface area contributed by atoms with Gasteiger partial charge in [-0.2, -0.15) is 0 Å². The Kier molecular flexibility index (Phi) is 4.43. The number of nitrogens with zero attached hydrogens (tertiary/aromatic N) is 1. The molecule has 3 atom stereocenters.